The highest BCUT2D eigenvalue weighted by Crippen LogP contribution is 2.32. The van der Waals surface area contributed by atoms with Crippen molar-refractivity contribution in [2.24, 2.45) is 5.18 Å². The molecule has 2 rings (SSSR count). The zero-order chi connectivity index (χ0) is 16.7. The van der Waals surface area contributed by atoms with Crippen molar-refractivity contribution in [2.45, 2.75) is 31.7 Å². The van der Waals surface area contributed by atoms with Gasteiger partial charge in [0.15, 0.2) is 0 Å². The van der Waals surface area contributed by atoms with Crippen molar-refractivity contribution in [2.75, 3.05) is 6.61 Å². The number of hydrogen-bond donors (Lipinski definition) is 1. The molecule has 1 atom stereocenters. The summed E-state index contributed by atoms with van der Waals surface area (Å²) in [6.45, 7) is 0.190. The summed E-state index contributed by atoms with van der Waals surface area (Å²) < 4.78 is 0. The fourth-order valence-corrected chi connectivity index (χ4v) is 3.03. The summed E-state index contributed by atoms with van der Waals surface area (Å²) in [5.41, 5.74) is 2.78. The minimum absolute atomic E-state index is 0.190. The molecule has 0 saturated carbocycles. The molecular weight excluding hydrogens is 333 g/mol. The molecule has 0 saturated heterocycles. The Morgan fingerprint density at radius 3 is 2.35 bits per heavy atom. The molecule has 0 spiro atoms. The quantitative estimate of drug-likeness (QED) is 0.466. The van der Waals surface area contributed by atoms with E-state index in [4.69, 9.17) is 28.3 Å². The van der Waals surface area contributed by atoms with Crippen LogP contribution in [-0.2, 0) is 0 Å². The van der Waals surface area contributed by atoms with Crippen LogP contribution in [-0.4, -0.2) is 11.7 Å². The van der Waals surface area contributed by atoms with E-state index in [0.717, 1.165) is 36.0 Å². The summed E-state index contributed by atoms with van der Waals surface area (Å²) >= 11 is 12.1. The first-order valence-electron chi connectivity index (χ1n) is 7.64. The van der Waals surface area contributed by atoms with Gasteiger partial charge in [-0.15, -0.1) is 0 Å². The van der Waals surface area contributed by atoms with Crippen LogP contribution in [0.15, 0.2) is 47.6 Å². The predicted octanol–water partition coefficient (Wildman–Crippen LogP) is 6.02. The second-order valence-corrected chi connectivity index (χ2v) is 6.28. The Bertz CT molecular complexity index is 644. The summed E-state index contributed by atoms with van der Waals surface area (Å²) in [6, 6.07) is 12.8. The van der Waals surface area contributed by atoms with Crippen LogP contribution in [0.25, 0.3) is 11.1 Å². The molecule has 0 aliphatic carbocycles. The molecule has 23 heavy (non-hydrogen) atoms. The van der Waals surface area contributed by atoms with Crippen LogP contribution >= 0.6 is 23.2 Å². The average molecular weight is 352 g/mol. The van der Waals surface area contributed by atoms with Gasteiger partial charge in [0.1, 0.15) is 6.04 Å². The fourth-order valence-electron chi connectivity index (χ4n) is 2.51. The summed E-state index contributed by atoms with van der Waals surface area (Å²) in [5.74, 6) is 0. The summed E-state index contributed by atoms with van der Waals surface area (Å²) in [4.78, 5) is 11.1. The summed E-state index contributed by atoms with van der Waals surface area (Å²) in [7, 11) is 0. The van der Waals surface area contributed by atoms with Crippen LogP contribution in [0.1, 0.15) is 37.3 Å². The lowest BCUT2D eigenvalue weighted by Crippen LogP contribution is -1.96. The van der Waals surface area contributed by atoms with E-state index in [-0.39, 0.29) is 12.6 Å². The number of benzene rings is 2. The maximum absolute atomic E-state index is 11.1. The Morgan fingerprint density at radius 2 is 1.74 bits per heavy atom. The lowest BCUT2D eigenvalue weighted by molar-refractivity contribution is 0.282. The zero-order valence-electron chi connectivity index (χ0n) is 12.7. The monoisotopic (exact) mass is 351 g/mol. The van der Waals surface area contributed by atoms with E-state index in [1.807, 2.05) is 30.3 Å². The van der Waals surface area contributed by atoms with E-state index in [0.29, 0.717) is 16.5 Å². The third kappa shape index (κ3) is 5.03. The lowest BCUT2D eigenvalue weighted by Gasteiger charge is -2.11. The van der Waals surface area contributed by atoms with E-state index < -0.39 is 0 Å². The molecule has 0 aromatic heterocycles. The Labute approximate surface area is 146 Å². The molecule has 0 amide bonds. The maximum Gasteiger partial charge on any atom is 0.117 e. The molecule has 2 aromatic carbocycles. The van der Waals surface area contributed by atoms with E-state index in [1.165, 1.54) is 0 Å². The smallest absolute Gasteiger partial charge is 0.117 e. The van der Waals surface area contributed by atoms with Crippen LogP contribution in [0.5, 0.6) is 0 Å². The average Bonchev–Trinajstić information content (AvgIpc) is 2.55. The molecule has 0 heterocycles. The molecule has 1 N–H and O–H groups in total. The number of unbranched alkanes of at least 4 members (excludes halogenated alkanes) is 2. The van der Waals surface area contributed by atoms with E-state index in [1.54, 1.807) is 12.1 Å². The molecule has 122 valence electrons. The number of rotatable bonds is 8. The highest BCUT2D eigenvalue weighted by molar-refractivity contribution is 6.36. The van der Waals surface area contributed by atoms with Gasteiger partial charge in [0.05, 0.1) is 0 Å². The number of nitroso groups, excluding NO2 is 1. The van der Waals surface area contributed by atoms with Crippen LogP contribution < -0.4 is 0 Å². The van der Waals surface area contributed by atoms with Crippen molar-refractivity contribution >= 4 is 23.2 Å². The largest absolute Gasteiger partial charge is 0.396 e. The minimum Gasteiger partial charge on any atom is -0.396 e. The first-order valence-corrected chi connectivity index (χ1v) is 8.40. The van der Waals surface area contributed by atoms with Crippen molar-refractivity contribution in [3.8, 4) is 11.1 Å². The molecule has 0 radical (unpaired) electrons. The topological polar surface area (TPSA) is 49.7 Å². The standard InChI is InChI=1S/C18H19Cl2NO2/c19-15-9-10-16(17(20)12-15)13-5-7-14(8-6-13)18(21-23)4-2-1-3-11-22/h5-10,12,18,22H,1-4,11H2. The molecule has 0 aliphatic heterocycles. The van der Waals surface area contributed by atoms with Crippen molar-refractivity contribution in [3.63, 3.8) is 0 Å². The van der Waals surface area contributed by atoms with Crippen LogP contribution in [0.2, 0.25) is 10.0 Å². The van der Waals surface area contributed by atoms with Crippen molar-refractivity contribution in [1.29, 1.82) is 0 Å². The summed E-state index contributed by atoms with van der Waals surface area (Å²) in [6.07, 6.45) is 3.24. The van der Waals surface area contributed by atoms with Crippen LogP contribution in [0.3, 0.4) is 0 Å². The van der Waals surface area contributed by atoms with Gasteiger partial charge < -0.3 is 5.11 Å². The maximum atomic E-state index is 11.1. The predicted molar refractivity (Wildman–Crippen MR) is 96.0 cm³/mol. The second kappa shape index (κ2) is 9.02. The van der Waals surface area contributed by atoms with E-state index in [9.17, 15) is 4.91 Å². The van der Waals surface area contributed by atoms with Crippen LogP contribution in [0.4, 0.5) is 0 Å². The van der Waals surface area contributed by atoms with Gasteiger partial charge in [-0.2, -0.15) is 4.91 Å². The van der Waals surface area contributed by atoms with Gasteiger partial charge in [0.25, 0.3) is 0 Å². The van der Waals surface area contributed by atoms with Gasteiger partial charge >= 0.3 is 0 Å². The molecule has 5 heteroatoms. The lowest BCUT2D eigenvalue weighted by atomic mass is 9.98. The molecule has 0 bridgehead atoms. The molecule has 2 aromatic rings. The number of halogens is 2. The SMILES string of the molecule is O=NC(CCCCCO)c1ccc(-c2ccc(Cl)cc2Cl)cc1. The highest BCUT2D eigenvalue weighted by atomic mass is 35.5. The van der Waals surface area contributed by atoms with Gasteiger partial charge in [-0.25, -0.2) is 0 Å². The van der Waals surface area contributed by atoms with Gasteiger partial charge in [-0.1, -0.05) is 71.6 Å². The zero-order valence-corrected chi connectivity index (χ0v) is 14.2. The Balaban J connectivity index is 2.09. The third-order valence-corrected chi connectivity index (χ3v) is 4.35. The van der Waals surface area contributed by atoms with Gasteiger partial charge in [-0.3, -0.25) is 0 Å². The van der Waals surface area contributed by atoms with Crippen molar-refractivity contribution in [1.82, 2.24) is 0 Å². The van der Waals surface area contributed by atoms with Crippen molar-refractivity contribution in [3.05, 3.63) is 63.0 Å². The Kier molecular flexibility index (Phi) is 7.03. The fraction of sp³-hybridized carbons (Fsp3) is 0.333. The summed E-state index contributed by atoms with van der Waals surface area (Å²) in [5, 5.41) is 13.2. The Morgan fingerprint density at radius 1 is 1.00 bits per heavy atom. The molecule has 0 fully saturated rings. The second-order valence-electron chi connectivity index (χ2n) is 5.44. The molecule has 3 nitrogen and oxygen atoms in total. The van der Waals surface area contributed by atoms with E-state index in [2.05, 4.69) is 5.18 Å². The first kappa shape index (κ1) is 17.9. The molecular formula is C18H19Cl2NO2. The van der Waals surface area contributed by atoms with Crippen LogP contribution in [0, 0.1) is 4.91 Å². The minimum atomic E-state index is -0.344. The van der Waals surface area contributed by atoms with Gasteiger partial charge in [0, 0.05) is 22.2 Å². The third-order valence-electron chi connectivity index (χ3n) is 3.80. The van der Waals surface area contributed by atoms with Gasteiger partial charge in [0.2, 0.25) is 0 Å². The molecule has 1 unspecified atom stereocenters. The highest BCUT2D eigenvalue weighted by Gasteiger charge is 2.12. The Hall–Kier alpha value is -1.42. The number of aliphatic hydroxyl groups excluding tert-OH is 1. The van der Waals surface area contributed by atoms with E-state index >= 15 is 0 Å². The van der Waals surface area contributed by atoms with Crippen molar-refractivity contribution < 1.29 is 5.11 Å². The molecule has 0 aliphatic rings. The number of hydrogen-bond acceptors (Lipinski definition) is 3. The first-order chi connectivity index (χ1) is 11.2. The number of nitrogens with zero attached hydrogens (tertiary/aromatic N) is 1. The normalized spacial score (nSPS) is 12.1. The van der Waals surface area contributed by atoms with Gasteiger partial charge in [-0.05, 0) is 36.1 Å². The number of aliphatic hydroxyl groups is 1.